The fraction of sp³-hybridized carbons (Fsp3) is 0.207. The Morgan fingerprint density at radius 1 is 0.950 bits per heavy atom. The first kappa shape index (κ1) is 26.0. The summed E-state index contributed by atoms with van der Waals surface area (Å²) in [4.78, 5) is 35.4. The van der Waals surface area contributed by atoms with Crippen LogP contribution in [0.15, 0.2) is 77.6 Å². The van der Waals surface area contributed by atoms with Crippen LogP contribution in [0.25, 0.3) is 22.3 Å². The molecule has 0 aliphatic carbocycles. The minimum Gasteiger partial charge on any atom is -0.324 e. The van der Waals surface area contributed by atoms with Gasteiger partial charge in [-0.3, -0.25) is 4.79 Å². The van der Waals surface area contributed by atoms with Crippen molar-refractivity contribution in [3.8, 4) is 11.1 Å². The molecule has 0 atom stereocenters. The van der Waals surface area contributed by atoms with Crippen LogP contribution in [-0.4, -0.2) is 49.0 Å². The molecule has 3 aromatic carbocycles. The van der Waals surface area contributed by atoms with E-state index in [9.17, 15) is 9.59 Å². The van der Waals surface area contributed by atoms with E-state index in [1.54, 1.807) is 23.1 Å². The van der Waals surface area contributed by atoms with E-state index in [2.05, 4.69) is 20.6 Å². The lowest BCUT2D eigenvalue weighted by Crippen LogP contribution is -2.41. The van der Waals surface area contributed by atoms with Gasteiger partial charge in [-0.1, -0.05) is 83.0 Å². The van der Waals surface area contributed by atoms with Crippen LogP contribution in [0, 0.1) is 0 Å². The number of piperidine rings is 1. The molecule has 2 amide bonds. The molecule has 2 aromatic heterocycles. The maximum Gasteiger partial charge on any atom is 0.321 e. The lowest BCUT2D eigenvalue weighted by Gasteiger charge is -2.31. The summed E-state index contributed by atoms with van der Waals surface area (Å²) in [5.74, 6) is 0.533. The highest BCUT2D eigenvalue weighted by atomic mass is 35.5. The lowest BCUT2D eigenvalue weighted by atomic mass is 9.96. The maximum absolute atomic E-state index is 13.2. The second-order valence-corrected chi connectivity index (χ2v) is 10.5. The Balaban J connectivity index is 1.17. The quantitative estimate of drug-likeness (QED) is 0.270. The predicted molar refractivity (Wildman–Crippen MR) is 156 cm³/mol. The van der Waals surface area contributed by atoms with Gasteiger partial charge in [0.25, 0.3) is 5.56 Å². The van der Waals surface area contributed by atoms with Crippen LogP contribution < -0.4 is 10.9 Å². The van der Waals surface area contributed by atoms with Crippen LogP contribution in [0.2, 0.25) is 10.0 Å². The van der Waals surface area contributed by atoms with Crippen LogP contribution in [0.4, 0.5) is 10.5 Å². The molecule has 0 radical (unpaired) electrons. The zero-order valence-electron chi connectivity index (χ0n) is 21.3. The van der Waals surface area contributed by atoms with E-state index in [-0.39, 0.29) is 29.6 Å². The number of nitrogens with zero attached hydrogens (tertiary/aromatic N) is 5. The average molecular weight is 574 g/mol. The highest BCUT2D eigenvalue weighted by molar-refractivity contribution is 6.36. The van der Waals surface area contributed by atoms with Gasteiger partial charge >= 0.3 is 6.03 Å². The van der Waals surface area contributed by atoms with E-state index in [1.807, 2.05) is 54.6 Å². The van der Waals surface area contributed by atoms with Crippen molar-refractivity contribution in [2.45, 2.75) is 25.3 Å². The smallest absolute Gasteiger partial charge is 0.321 e. The Labute approximate surface area is 239 Å². The molecule has 40 heavy (non-hydrogen) atoms. The number of halogens is 2. The molecule has 1 saturated heterocycles. The van der Waals surface area contributed by atoms with Crippen LogP contribution in [0.3, 0.4) is 0 Å². The average Bonchev–Trinajstić information content (AvgIpc) is 3.39. The van der Waals surface area contributed by atoms with E-state index in [4.69, 9.17) is 28.2 Å². The zero-order chi connectivity index (χ0) is 27.6. The number of amides is 2. The number of carbonyl (C=O) groups is 1. The van der Waals surface area contributed by atoms with E-state index in [1.165, 1.54) is 4.68 Å². The molecule has 6 rings (SSSR count). The summed E-state index contributed by atoms with van der Waals surface area (Å²) in [6.45, 7) is 1.28. The van der Waals surface area contributed by atoms with Crippen molar-refractivity contribution in [1.29, 1.82) is 0 Å². The first-order valence-corrected chi connectivity index (χ1v) is 13.7. The summed E-state index contributed by atoms with van der Waals surface area (Å²) in [6.07, 6.45) is 1.31. The fourth-order valence-electron chi connectivity index (χ4n) is 5.03. The fourth-order valence-corrected chi connectivity index (χ4v) is 5.55. The number of aromatic nitrogens is 5. The molecule has 0 unspecified atom stereocenters. The Hall–Kier alpha value is -4.21. The second-order valence-electron chi connectivity index (χ2n) is 9.67. The molecule has 11 heteroatoms. The molecule has 3 heterocycles. The number of aromatic amines is 1. The minimum absolute atomic E-state index is 0.0231. The van der Waals surface area contributed by atoms with Gasteiger partial charge in [0, 0.05) is 40.2 Å². The van der Waals surface area contributed by atoms with Gasteiger partial charge in [0.2, 0.25) is 0 Å². The molecule has 1 aliphatic rings. The number of hydrogen-bond donors (Lipinski definition) is 2. The molecule has 1 fully saturated rings. The molecule has 0 spiro atoms. The Morgan fingerprint density at radius 3 is 2.40 bits per heavy atom. The number of carbonyl (C=O) groups excluding carboxylic acids is 1. The normalized spacial score (nSPS) is 14.0. The molecule has 9 nitrogen and oxygen atoms in total. The van der Waals surface area contributed by atoms with E-state index >= 15 is 0 Å². The molecule has 2 N–H and O–H groups in total. The number of nitrogens with one attached hydrogen (secondary N) is 2. The van der Waals surface area contributed by atoms with Crippen molar-refractivity contribution in [3.63, 3.8) is 0 Å². The van der Waals surface area contributed by atoms with E-state index < -0.39 is 0 Å². The lowest BCUT2D eigenvalue weighted by molar-refractivity contribution is 0.193. The molecule has 5 aromatic rings. The van der Waals surface area contributed by atoms with Crippen molar-refractivity contribution >= 4 is 46.1 Å². The zero-order valence-corrected chi connectivity index (χ0v) is 22.9. The van der Waals surface area contributed by atoms with Crippen LogP contribution in [-0.2, 0) is 6.54 Å². The van der Waals surface area contributed by atoms with Crippen molar-refractivity contribution in [3.05, 3.63) is 105 Å². The molecular weight excluding hydrogens is 549 g/mol. The summed E-state index contributed by atoms with van der Waals surface area (Å²) in [6, 6.07) is 22.8. The van der Waals surface area contributed by atoms with Crippen molar-refractivity contribution in [2.24, 2.45) is 0 Å². The van der Waals surface area contributed by atoms with E-state index in [0.29, 0.717) is 53.0 Å². The summed E-state index contributed by atoms with van der Waals surface area (Å²) in [5, 5.41) is 12.2. The number of urea groups is 1. The van der Waals surface area contributed by atoms with Gasteiger partial charge in [0.15, 0.2) is 11.2 Å². The largest absolute Gasteiger partial charge is 0.324 e. The molecule has 0 bridgehead atoms. The van der Waals surface area contributed by atoms with Crippen LogP contribution in [0.1, 0.15) is 30.1 Å². The number of benzene rings is 3. The number of hydrogen-bond acceptors (Lipinski definition) is 5. The van der Waals surface area contributed by atoms with Gasteiger partial charge in [-0.15, -0.1) is 5.10 Å². The Bertz CT molecular complexity index is 1720. The SMILES string of the molecule is O=C(Nc1ccccc1-c1ccccc1)N1CCC(c2nc3c(nnn3Cc3c(Cl)cccc3Cl)c(=O)[nH]2)CC1. The molecule has 202 valence electrons. The van der Waals surface area contributed by atoms with E-state index in [0.717, 1.165) is 16.8 Å². The number of H-pyrrole nitrogens is 1. The standard InChI is InChI=1S/C29H25Cl2N7O2/c30-22-10-6-11-23(31)21(22)17-38-27-25(35-36-38)28(39)34-26(33-27)19-13-15-37(16-14-19)29(40)32-24-12-5-4-9-20(24)18-7-2-1-3-8-18/h1-12,19H,13-17H2,(H,32,40)(H,33,34,39). The molecule has 0 saturated carbocycles. The first-order chi connectivity index (χ1) is 19.5. The molecule has 1 aliphatic heterocycles. The highest BCUT2D eigenvalue weighted by Gasteiger charge is 2.27. The minimum atomic E-state index is -0.353. The van der Waals surface area contributed by atoms with Gasteiger partial charge in [-0.05, 0) is 36.6 Å². The Kier molecular flexibility index (Phi) is 7.23. The third-order valence-electron chi connectivity index (χ3n) is 7.18. The Morgan fingerprint density at radius 2 is 1.65 bits per heavy atom. The van der Waals surface area contributed by atoms with Gasteiger partial charge in [0.05, 0.1) is 12.2 Å². The number of anilines is 1. The van der Waals surface area contributed by atoms with Crippen molar-refractivity contribution in [1.82, 2.24) is 29.9 Å². The van der Waals surface area contributed by atoms with Crippen LogP contribution in [0.5, 0.6) is 0 Å². The number of para-hydroxylation sites is 1. The monoisotopic (exact) mass is 573 g/mol. The summed E-state index contributed by atoms with van der Waals surface area (Å²) in [7, 11) is 0. The molecular formula is C29H25Cl2N7O2. The third-order valence-corrected chi connectivity index (χ3v) is 7.89. The first-order valence-electron chi connectivity index (χ1n) is 12.9. The van der Waals surface area contributed by atoms with Gasteiger partial charge in [0.1, 0.15) is 5.82 Å². The number of likely N-dealkylation sites (tertiary alicyclic amines) is 1. The van der Waals surface area contributed by atoms with Gasteiger partial charge in [-0.25, -0.2) is 14.5 Å². The highest BCUT2D eigenvalue weighted by Crippen LogP contribution is 2.30. The van der Waals surface area contributed by atoms with Crippen molar-refractivity contribution in [2.75, 3.05) is 18.4 Å². The number of rotatable bonds is 5. The summed E-state index contributed by atoms with van der Waals surface area (Å²) < 4.78 is 1.54. The third kappa shape index (κ3) is 5.17. The maximum atomic E-state index is 13.2. The predicted octanol–water partition coefficient (Wildman–Crippen LogP) is 5.95. The second kappa shape index (κ2) is 11.1. The topological polar surface area (TPSA) is 109 Å². The number of fused-ring (bicyclic) bond motifs is 1. The van der Waals surface area contributed by atoms with Gasteiger partial charge in [-0.2, -0.15) is 0 Å². The summed E-state index contributed by atoms with van der Waals surface area (Å²) >= 11 is 12.7. The summed E-state index contributed by atoms with van der Waals surface area (Å²) in [5.41, 5.74) is 3.60. The van der Waals surface area contributed by atoms with Crippen LogP contribution >= 0.6 is 23.2 Å². The van der Waals surface area contributed by atoms with Gasteiger partial charge < -0.3 is 15.2 Å². The van der Waals surface area contributed by atoms with Crippen molar-refractivity contribution < 1.29 is 4.79 Å².